The molecule has 1 aliphatic rings. The topological polar surface area (TPSA) is 132 Å². The van der Waals surface area contributed by atoms with Crippen molar-refractivity contribution in [1.29, 1.82) is 0 Å². The van der Waals surface area contributed by atoms with Crippen molar-refractivity contribution in [3.63, 3.8) is 0 Å². The van der Waals surface area contributed by atoms with Crippen molar-refractivity contribution in [3.05, 3.63) is 97.4 Å². The van der Waals surface area contributed by atoms with Gasteiger partial charge in [-0.1, -0.05) is 29.8 Å². The molecule has 2 aromatic carbocycles. The van der Waals surface area contributed by atoms with E-state index < -0.39 is 23.3 Å². The van der Waals surface area contributed by atoms with E-state index in [4.69, 9.17) is 11.6 Å². The Kier molecular flexibility index (Phi) is 8.44. The monoisotopic (exact) mass is 564 g/mol. The number of aliphatic carboxylic acids is 1. The van der Waals surface area contributed by atoms with Crippen LogP contribution in [-0.2, 0) is 16.0 Å². The number of H-pyrrole nitrogens is 1. The molecule has 1 aliphatic heterocycles. The Hall–Kier alpha value is -3.98. The molecule has 3 N–H and O–H groups in total. The summed E-state index contributed by atoms with van der Waals surface area (Å²) in [6.45, 7) is 6.60. The van der Waals surface area contributed by atoms with Gasteiger partial charge in [0.1, 0.15) is 0 Å². The lowest BCUT2D eigenvalue weighted by Crippen LogP contribution is -2.51. The van der Waals surface area contributed by atoms with Gasteiger partial charge in [0, 0.05) is 28.6 Å². The number of carbonyl (C=O) groups excluding carboxylic acids is 2. The molecule has 2 heterocycles. The molecule has 0 bridgehead atoms. The summed E-state index contributed by atoms with van der Waals surface area (Å²) in [6, 6.07) is 13.2. The molecule has 0 radical (unpaired) electrons. The minimum Gasteiger partial charge on any atom is -0.481 e. The summed E-state index contributed by atoms with van der Waals surface area (Å²) in [4.78, 5) is 52.4. The zero-order chi connectivity index (χ0) is 29.2. The number of aromatic amines is 1. The maximum Gasteiger partial charge on any atom is 0.311 e. The summed E-state index contributed by atoms with van der Waals surface area (Å²) < 4.78 is 0. The average molecular weight is 565 g/mol. The van der Waals surface area contributed by atoms with Gasteiger partial charge < -0.3 is 15.3 Å². The van der Waals surface area contributed by atoms with Crippen molar-refractivity contribution >= 4 is 29.4 Å². The van der Waals surface area contributed by atoms with E-state index in [9.17, 15) is 24.3 Å². The van der Waals surface area contributed by atoms with Gasteiger partial charge in [-0.2, -0.15) is 5.10 Å². The lowest BCUT2D eigenvalue weighted by molar-refractivity contribution is -0.153. The van der Waals surface area contributed by atoms with E-state index >= 15 is 0 Å². The second kappa shape index (κ2) is 11.6. The lowest BCUT2D eigenvalue weighted by Gasteiger charge is -2.37. The number of amides is 2. The maximum atomic E-state index is 13.6. The number of halogens is 1. The van der Waals surface area contributed by atoms with Crippen LogP contribution in [0.15, 0.2) is 53.3 Å². The van der Waals surface area contributed by atoms with Gasteiger partial charge in [-0.15, -0.1) is 0 Å². The van der Waals surface area contributed by atoms with Crippen LogP contribution >= 0.6 is 11.6 Å². The van der Waals surface area contributed by atoms with E-state index in [1.54, 1.807) is 68.1 Å². The Morgan fingerprint density at radius 1 is 1.10 bits per heavy atom. The molecular weight excluding hydrogens is 532 g/mol. The first-order chi connectivity index (χ1) is 18.9. The van der Waals surface area contributed by atoms with Crippen LogP contribution in [0.3, 0.4) is 0 Å². The second-order valence-electron chi connectivity index (χ2n) is 10.9. The normalized spacial score (nSPS) is 17.1. The van der Waals surface area contributed by atoms with Gasteiger partial charge in [-0.05, 0) is 87.6 Å². The predicted molar refractivity (Wildman–Crippen MR) is 151 cm³/mol. The number of aromatic nitrogens is 2. The highest BCUT2D eigenvalue weighted by molar-refractivity contribution is 6.30. The molecule has 0 unspecified atom stereocenters. The van der Waals surface area contributed by atoms with Gasteiger partial charge in [0.05, 0.1) is 23.7 Å². The van der Waals surface area contributed by atoms with Crippen LogP contribution < -0.4 is 10.9 Å². The van der Waals surface area contributed by atoms with E-state index in [0.717, 1.165) is 16.7 Å². The van der Waals surface area contributed by atoms with Crippen LogP contribution in [0.5, 0.6) is 0 Å². The summed E-state index contributed by atoms with van der Waals surface area (Å²) in [5.41, 5.74) is 2.77. The number of carboxylic acids is 1. The fraction of sp³-hybridized carbons (Fsp3) is 0.367. The van der Waals surface area contributed by atoms with Crippen LogP contribution in [0.25, 0.3) is 0 Å². The smallest absolute Gasteiger partial charge is 0.311 e. The van der Waals surface area contributed by atoms with Gasteiger partial charge in [-0.25, -0.2) is 5.10 Å². The number of nitrogens with zero attached hydrogens (tertiary/aromatic N) is 2. The molecule has 40 heavy (non-hydrogen) atoms. The molecule has 9 nitrogen and oxygen atoms in total. The Bertz CT molecular complexity index is 1520. The number of rotatable bonds is 8. The van der Waals surface area contributed by atoms with Gasteiger partial charge >= 0.3 is 5.97 Å². The van der Waals surface area contributed by atoms with Crippen molar-refractivity contribution in [2.24, 2.45) is 5.41 Å². The van der Waals surface area contributed by atoms with Crippen molar-refractivity contribution in [2.45, 2.75) is 59.0 Å². The van der Waals surface area contributed by atoms with E-state index in [1.165, 1.54) is 0 Å². The standard InChI is InChI=1S/C30H33ClN4O5/c1-17-12-21(9-8-19(17)14-22-13-18(2)33-34-28(22)38)27(37)32-16-26(36)35-24(20-6-5-7-23(31)15-20)10-11-25(35)30(3,4)29(39)40/h5-9,12-13,15,24-25H,10-11,14,16H2,1-4H3,(H,32,37)(H,34,38)(H,39,40)/t24-,25+/m0/s1. The molecule has 10 heteroatoms. The number of likely N-dealkylation sites (tertiary alicyclic amines) is 1. The summed E-state index contributed by atoms with van der Waals surface area (Å²) in [5, 5.41) is 19.5. The first-order valence-electron chi connectivity index (χ1n) is 13.1. The van der Waals surface area contributed by atoms with E-state index in [1.807, 2.05) is 13.0 Å². The average Bonchev–Trinajstić information content (AvgIpc) is 3.36. The number of carbonyl (C=O) groups is 3. The highest BCUT2D eigenvalue weighted by Crippen LogP contribution is 2.43. The Morgan fingerprint density at radius 2 is 1.85 bits per heavy atom. The minimum atomic E-state index is -1.19. The van der Waals surface area contributed by atoms with Crippen LogP contribution in [0.2, 0.25) is 5.02 Å². The zero-order valence-corrected chi connectivity index (χ0v) is 23.7. The fourth-order valence-electron chi connectivity index (χ4n) is 5.33. The molecule has 3 aromatic rings. The summed E-state index contributed by atoms with van der Waals surface area (Å²) in [7, 11) is 0. The van der Waals surface area contributed by atoms with Crippen molar-refractivity contribution < 1.29 is 19.5 Å². The number of nitrogens with one attached hydrogen (secondary N) is 2. The zero-order valence-electron chi connectivity index (χ0n) is 23.0. The van der Waals surface area contributed by atoms with Crippen molar-refractivity contribution in [3.8, 4) is 0 Å². The van der Waals surface area contributed by atoms with Crippen LogP contribution in [0, 0.1) is 19.3 Å². The second-order valence-corrected chi connectivity index (χ2v) is 11.3. The maximum absolute atomic E-state index is 13.6. The first kappa shape index (κ1) is 29.0. The van der Waals surface area contributed by atoms with Crippen molar-refractivity contribution in [2.75, 3.05) is 6.54 Å². The third-order valence-corrected chi connectivity index (χ3v) is 7.92. The SMILES string of the molecule is Cc1cc(Cc2ccc(C(=O)NCC(=O)N3[C@H](c4cccc(Cl)c4)CC[C@@H]3C(C)(C)C(=O)O)cc2C)c(=O)[nH]n1. The van der Waals surface area contributed by atoms with Crippen LogP contribution in [-0.4, -0.2) is 50.6 Å². The van der Waals surface area contributed by atoms with Gasteiger partial charge in [0.2, 0.25) is 5.91 Å². The molecule has 1 fully saturated rings. The molecule has 2 atom stereocenters. The van der Waals surface area contributed by atoms with Gasteiger partial charge in [0.25, 0.3) is 11.5 Å². The largest absolute Gasteiger partial charge is 0.481 e. The van der Waals surface area contributed by atoms with Crippen molar-refractivity contribution in [1.82, 2.24) is 20.4 Å². The van der Waals surface area contributed by atoms with Crippen LogP contribution in [0.1, 0.15) is 71.0 Å². The van der Waals surface area contributed by atoms with E-state index in [2.05, 4.69) is 15.5 Å². The van der Waals surface area contributed by atoms with Gasteiger partial charge in [-0.3, -0.25) is 19.2 Å². The molecule has 4 rings (SSSR count). The molecular formula is C30H33ClN4O5. The molecule has 210 valence electrons. The first-order valence-corrected chi connectivity index (χ1v) is 13.5. The molecule has 0 saturated carbocycles. The number of hydrogen-bond donors (Lipinski definition) is 3. The predicted octanol–water partition coefficient (Wildman–Crippen LogP) is 4.20. The van der Waals surface area contributed by atoms with Crippen LogP contribution in [0.4, 0.5) is 0 Å². The number of benzene rings is 2. The van der Waals surface area contributed by atoms with E-state index in [-0.39, 0.29) is 24.1 Å². The quantitative estimate of drug-likeness (QED) is 0.375. The fourth-order valence-corrected chi connectivity index (χ4v) is 5.53. The Labute approximate surface area is 237 Å². The Morgan fingerprint density at radius 3 is 2.52 bits per heavy atom. The van der Waals surface area contributed by atoms with E-state index in [0.29, 0.717) is 41.1 Å². The highest BCUT2D eigenvalue weighted by atomic mass is 35.5. The molecule has 0 spiro atoms. The molecule has 0 aliphatic carbocycles. The number of carboxylic acid groups (broad SMARTS) is 1. The molecule has 1 aromatic heterocycles. The summed E-state index contributed by atoms with van der Waals surface area (Å²) in [6.07, 6.45) is 1.49. The Balaban J connectivity index is 1.50. The molecule has 2 amide bonds. The summed E-state index contributed by atoms with van der Waals surface area (Å²) >= 11 is 6.21. The third kappa shape index (κ3) is 6.09. The number of hydrogen-bond acceptors (Lipinski definition) is 5. The van der Waals surface area contributed by atoms with Gasteiger partial charge in [0.15, 0.2) is 0 Å². The molecule has 1 saturated heterocycles. The highest BCUT2D eigenvalue weighted by Gasteiger charge is 2.48. The lowest BCUT2D eigenvalue weighted by atomic mass is 9.83. The number of aryl methyl sites for hydroxylation is 2. The summed E-state index contributed by atoms with van der Waals surface area (Å²) in [5.74, 6) is -1.78. The third-order valence-electron chi connectivity index (χ3n) is 7.69. The minimum absolute atomic E-state index is 0.257.